The van der Waals surface area contributed by atoms with Gasteiger partial charge in [-0.3, -0.25) is 0 Å². The predicted molar refractivity (Wildman–Crippen MR) is 38.4 cm³/mol. The maximum Gasteiger partial charge on any atom is 0.506 e. The van der Waals surface area contributed by atoms with Crippen molar-refractivity contribution in [1.82, 2.24) is 0 Å². The van der Waals surface area contributed by atoms with Gasteiger partial charge in [0, 0.05) is 5.41 Å². The molecule has 70 valence electrons. The van der Waals surface area contributed by atoms with Crippen LogP contribution in [0.2, 0.25) is 0 Å². The van der Waals surface area contributed by atoms with E-state index in [0.29, 0.717) is 0 Å². The standard InChI is InChI=1S/C7H12O5/c1-7(2)3(5(8)9)4(7)12-6(10)11/h3-5,8-9H,1-2H3,(H,10,11)/t3-,4+/m0/s1. The van der Waals surface area contributed by atoms with Gasteiger partial charge in [0.15, 0.2) is 6.29 Å². The second kappa shape index (κ2) is 2.60. The third kappa shape index (κ3) is 1.37. The molecule has 0 aromatic carbocycles. The van der Waals surface area contributed by atoms with Crippen LogP contribution in [0.3, 0.4) is 0 Å². The minimum atomic E-state index is -1.51. The Kier molecular flexibility index (Phi) is 2.01. The summed E-state index contributed by atoms with van der Waals surface area (Å²) in [5, 5.41) is 25.9. The maximum atomic E-state index is 10.1. The normalized spacial score (nSPS) is 31.8. The van der Waals surface area contributed by atoms with Crippen LogP contribution < -0.4 is 0 Å². The summed E-state index contributed by atoms with van der Waals surface area (Å²) in [6.07, 6.45) is -3.49. The monoisotopic (exact) mass is 176 g/mol. The molecule has 1 aliphatic rings. The lowest BCUT2D eigenvalue weighted by Crippen LogP contribution is -2.13. The maximum absolute atomic E-state index is 10.1. The highest BCUT2D eigenvalue weighted by atomic mass is 16.7. The average molecular weight is 176 g/mol. The third-order valence-electron chi connectivity index (χ3n) is 2.36. The van der Waals surface area contributed by atoms with Gasteiger partial charge in [0.2, 0.25) is 0 Å². The van der Waals surface area contributed by atoms with Gasteiger partial charge < -0.3 is 20.1 Å². The molecular formula is C7H12O5. The van der Waals surface area contributed by atoms with Gasteiger partial charge >= 0.3 is 6.16 Å². The van der Waals surface area contributed by atoms with Crippen LogP contribution >= 0.6 is 0 Å². The van der Waals surface area contributed by atoms with Gasteiger partial charge in [-0.2, -0.15) is 0 Å². The minimum absolute atomic E-state index is 0.466. The first-order valence-corrected chi connectivity index (χ1v) is 3.63. The molecule has 0 bridgehead atoms. The Balaban J connectivity index is 2.54. The molecule has 0 unspecified atom stereocenters. The van der Waals surface area contributed by atoms with Gasteiger partial charge in [-0.1, -0.05) is 13.8 Å². The summed E-state index contributed by atoms with van der Waals surface area (Å²) in [6.45, 7) is 3.45. The van der Waals surface area contributed by atoms with E-state index in [1.807, 2.05) is 0 Å². The predicted octanol–water partition coefficient (Wildman–Crippen LogP) is 0.0163. The van der Waals surface area contributed by atoms with Crippen LogP contribution in [0.25, 0.3) is 0 Å². The fourth-order valence-electron chi connectivity index (χ4n) is 1.50. The Morgan fingerprint density at radius 2 is 2.00 bits per heavy atom. The van der Waals surface area contributed by atoms with E-state index in [4.69, 9.17) is 15.3 Å². The fraction of sp³-hybridized carbons (Fsp3) is 0.857. The molecule has 5 heteroatoms. The molecule has 2 atom stereocenters. The number of ether oxygens (including phenoxy) is 1. The van der Waals surface area contributed by atoms with Crippen LogP contribution in [-0.4, -0.2) is 33.9 Å². The zero-order chi connectivity index (χ0) is 9.52. The number of aliphatic hydroxyl groups is 2. The van der Waals surface area contributed by atoms with Crippen LogP contribution in [0.4, 0.5) is 4.79 Å². The Labute approximate surface area is 69.6 Å². The van der Waals surface area contributed by atoms with Gasteiger partial charge in [0.1, 0.15) is 6.10 Å². The quantitative estimate of drug-likeness (QED) is 0.407. The number of carbonyl (C=O) groups is 1. The zero-order valence-corrected chi connectivity index (χ0v) is 6.89. The van der Waals surface area contributed by atoms with Gasteiger partial charge in [0.05, 0.1) is 5.92 Å². The van der Waals surface area contributed by atoms with Gasteiger partial charge in [-0.15, -0.1) is 0 Å². The molecular weight excluding hydrogens is 164 g/mol. The van der Waals surface area contributed by atoms with Crippen molar-refractivity contribution in [3.05, 3.63) is 0 Å². The molecule has 0 heterocycles. The Bertz CT molecular complexity index is 198. The lowest BCUT2D eigenvalue weighted by atomic mass is 10.1. The van der Waals surface area contributed by atoms with Crippen molar-refractivity contribution in [2.45, 2.75) is 26.2 Å². The van der Waals surface area contributed by atoms with Gasteiger partial charge in [0.25, 0.3) is 0 Å². The number of hydrogen-bond acceptors (Lipinski definition) is 4. The van der Waals surface area contributed by atoms with E-state index < -0.39 is 29.9 Å². The molecule has 1 saturated carbocycles. The number of hydrogen-bond donors (Lipinski definition) is 3. The molecule has 1 rings (SSSR count). The lowest BCUT2D eigenvalue weighted by molar-refractivity contribution is -0.0710. The smallest absolute Gasteiger partial charge is 0.450 e. The summed E-state index contributed by atoms with van der Waals surface area (Å²) in [4.78, 5) is 10.1. The second-order valence-electron chi connectivity index (χ2n) is 3.57. The first-order valence-electron chi connectivity index (χ1n) is 3.63. The molecule has 12 heavy (non-hydrogen) atoms. The Morgan fingerprint density at radius 3 is 2.25 bits per heavy atom. The Hall–Kier alpha value is -0.810. The summed E-state index contributed by atoms with van der Waals surface area (Å²) in [5.41, 5.74) is -0.466. The highest BCUT2D eigenvalue weighted by Gasteiger charge is 2.64. The molecule has 0 spiro atoms. The van der Waals surface area contributed by atoms with E-state index in [0.717, 1.165) is 0 Å². The van der Waals surface area contributed by atoms with Crippen molar-refractivity contribution in [3.63, 3.8) is 0 Å². The number of carboxylic acid groups (broad SMARTS) is 1. The summed E-state index contributed by atoms with van der Waals surface area (Å²) in [6, 6.07) is 0. The topological polar surface area (TPSA) is 87.0 Å². The first kappa shape index (κ1) is 9.28. The molecule has 0 aromatic heterocycles. The molecule has 3 N–H and O–H groups in total. The highest BCUT2D eigenvalue weighted by molar-refractivity contribution is 5.57. The van der Waals surface area contributed by atoms with E-state index >= 15 is 0 Å². The van der Waals surface area contributed by atoms with Gasteiger partial charge in [-0.05, 0) is 0 Å². The van der Waals surface area contributed by atoms with Crippen molar-refractivity contribution in [2.24, 2.45) is 11.3 Å². The van der Waals surface area contributed by atoms with Crippen LogP contribution in [0, 0.1) is 11.3 Å². The third-order valence-corrected chi connectivity index (χ3v) is 2.36. The molecule has 1 fully saturated rings. The molecule has 0 amide bonds. The van der Waals surface area contributed by atoms with E-state index in [-0.39, 0.29) is 0 Å². The summed E-state index contributed by atoms with van der Waals surface area (Å²) in [7, 11) is 0. The Morgan fingerprint density at radius 1 is 1.50 bits per heavy atom. The van der Waals surface area contributed by atoms with Crippen molar-refractivity contribution in [1.29, 1.82) is 0 Å². The molecule has 0 aromatic rings. The molecule has 0 aliphatic heterocycles. The van der Waals surface area contributed by atoms with E-state index in [1.54, 1.807) is 13.8 Å². The van der Waals surface area contributed by atoms with Crippen molar-refractivity contribution >= 4 is 6.16 Å². The fourth-order valence-corrected chi connectivity index (χ4v) is 1.50. The van der Waals surface area contributed by atoms with Crippen molar-refractivity contribution in [3.8, 4) is 0 Å². The summed E-state index contributed by atoms with van der Waals surface area (Å²) in [5.74, 6) is -0.506. The molecule has 5 nitrogen and oxygen atoms in total. The molecule has 0 radical (unpaired) electrons. The van der Waals surface area contributed by atoms with E-state index in [9.17, 15) is 4.79 Å². The van der Waals surface area contributed by atoms with Gasteiger partial charge in [-0.25, -0.2) is 4.79 Å². The van der Waals surface area contributed by atoms with Crippen molar-refractivity contribution in [2.75, 3.05) is 0 Å². The number of rotatable bonds is 2. The largest absolute Gasteiger partial charge is 0.506 e. The van der Waals surface area contributed by atoms with E-state index in [2.05, 4.69) is 4.74 Å². The zero-order valence-electron chi connectivity index (χ0n) is 6.89. The highest BCUT2D eigenvalue weighted by Crippen LogP contribution is 2.55. The SMILES string of the molecule is CC1(C)[C@H](OC(=O)O)[C@H]1C(O)O. The molecule has 1 aliphatic carbocycles. The average Bonchev–Trinajstić information content (AvgIpc) is 2.32. The van der Waals surface area contributed by atoms with Crippen LogP contribution in [0.5, 0.6) is 0 Å². The minimum Gasteiger partial charge on any atom is -0.450 e. The summed E-state index contributed by atoms with van der Waals surface area (Å²) >= 11 is 0. The first-order chi connectivity index (χ1) is 5.37. The van der Waals surface area contributed by atoms with Crippen LogP contribution in [0.15, 0.2) is 0 Å². The second-order valence-corrected chi connectivity index (χ2v) is 3.57. The van der Waals surface area contributed by atoms with Crippen molar-refractivity contribution < 1.29 is 24.9 Å². The number of aliphatic hydroxyl groups excluding tert-OH is 1. The van der Waals surface area contributed by atoms with Crippen LogP contribution in [-0.2, 0) is 4.74 Å². The van der Waals surface area contributed by atoms with E-state index in [1.165, 1.54) is 0 Å². The lowest BCUT2D eigenvalue weighted by Gasteiger charge is -2.01. The molecule has 0 saturated heterocycles. The summed E-state index contributed by atoms with van der Waals surface area (Å²) < 4.78 is 4.45. The van der Waals surface area contributed by atoms with Crippen LogP contribution in [0.1, 0.15) is 13.8 Å².